The van der Waals surface area contributed by atoms with Crippen molar-refractivity contribution in [3.8, 4) is 11.6 Å². The molecule has 0 radical (unpaired) electrons. The number of benzene rings is 1. The molecule has 0 fully saturated rings. The van der Waals surface area contributed by atoms with Gasteiger partial charge in [0.25, 0.3) is 0 Å². The van der Waals surface area contributed by atoms with Crippen LogP contribution in [-0.2, 0) is 0 Å². The molecular formula is C13H17N3O3S. The first-order chi connectivity index (χ1) is 9.69. The molecule has 0 saturated heterocycles. The van der Waals surface area contributed by atoms with Crippen LogP contribution in [0, 0.1) is 6.92 Å². The summed E-state index contributed by atoms with van der Waals surface area (Å²) in [5.74, 6) is 1.28. The van der Waals surface area contributed by atoms with Crippen molar-refractivity contribution < 1.29 is 14.6 Å². The van der Waals surface area contributed by atoms with E-state index in [4.69, 9.17) is 9.47 Å². The molecule has 7 heteroatoms. The van der Waals surface area contributed by atoms with Crippen LogP contribution in [-0.4, -0.2) is 40.2 Å². The largest absolute Gasteiger partial charge is 0.496 e. The first-order valence-corrected chi connectivity index (χ1v) is 6.89. The molecule has 2 rings (SSSR count). The summed E-state index contributed by atoms with van der Waals surface area (Å²) in [6.07, 6.45) is 0.900. The van der Waals surface area contributed by atoms with Gasteiger partial charge < -0.3 is 19.9 Å². The van der Waals surface area contributed by atoms with E-state index < -0.39 is 6.10 Å². The first kappa shape index (κ1) is 14.5. The van der Waals surface area contributed by atoms with Crippen LogP contribution in [0.5, 0.6) is 11.6 Å². The zero-order valence-electron chi connectivity index (χ0n) is 11.4. The maximum Gasteiger partial charge on any atom is 0.245 e. The monoisotopic (exact) mass is 295 g/mol. The van der Waals surface area contributed by atoms with Crippen LogP contribution in [0.1, 0.15) is 5.56 Å². The van der Waals surface area contributed by atoms with Crippen molar-refractivity contribution in [3.05, 3.63) is 30.0 Å². The van der Waals surface area contributed by atoms with E-state index in [1.165, 1.54) is 6.20 Å². The van der Waals surface area contributed by atoms with Gasteiger partial charge in [0, 0.05) is 12.2 Å². The Hall–Kier alpha value is -1.86. The number of aliphatic hydroxyl groups excluding tert-OH is 1. The average Bonchev–Trinajstić information content (AvgIpc) is 2.96. The van der Waals surface area contributed by atoms with E-state index in [2.05, 4.69) is 14.1 Å². The molecule has 1 aromatic heterocycles. The van der Waals surface area contributed by atoms with Crippen LogP contribution in [0.3, 0.4) is 0 Å². The number of aromatic nitrogens is 2. The number of nitrogens with zero attached hydrogens (tertiary/aromatic N) is 2. The summed E-state index contributed by atoms with van der Waals surface area (Å²) in [6.45, 7) is 2.54. The van der Waals surface area contributed by atoms with Gasteiger partial charge in [0.05, 0.1) is 18.8 Å². The Bertz CT molecular complexity index is 534. The number of ether oxygens (including phenoxy) is 2. The lowest BCUT2D eigenvalue weighted by atomic mass is 10.2. The third-order valence-corrected chi connectivity index (χ3v) is 3.16. The maximum absolute atomic E-state index is 9.82. The fourth-order valence-electron chi connectivity index (χ4n) is 1.68. The number of anilines is 1. The van der Waals surface area contributed by atoms with Gasteiger partial charge in [0.2, 0.25) is 5.88 Å². The molecular weight excluding hydrogens is 278 g/mol. The Labute approximate surface area is 121 Å². The number of rotatable bonds is 7. The van der Waals surface area contributed by atoms with Crippen molar-refractivity contribution >= 4 is 17.4 Å². The van der Waals surface area contributed by atoms with Crippen molar-refractivity contribution in [2.24, 2.45) is 0 Å². The first-order valence-electron chi connectivity index (χ1n) is 6.16. The molecule has 0 aliphatic rings. The minimum absolute atomic E-state index is 0.174. The molecule has 108 valence electrons. The molecule has 1 heterocycles. The zero-order valence-corrected chi connectivity index (χ0v) is 12.2. The summed E-state index contributed by atoms with van der Waals surface area (Å²) in [6, 6.07) is 5.77. The van der Waals surface area contributed by atoms with Gasteiger partial charge in [-0.1, -0.05) is 0 Å². The Morgan fingerprint density at radius 2 is 2.30 bits per heavy atom. The average molecular weight is 295 g/mol. The molecule has 0 aliphatic carbocycles. The zero-order chi connectivity index (χ0) is 14.4. The summed E-state index contributed by atoms with van der Waals surface area (Å²) < 4.78 is 18.2. The Kier molecular flexibility index (Phi) is 5.14. The molecule has 2 N–H and O–H groups in total. The van der Waals surface area contributed by atoms with Gasteiger partial charge in [0.1, 0.15) is 24.7 Å². The van der Waals surface area contributed by atoms with Gasteiger partial charge in [0.15, 0.2) is 0 Å². The lowest BCUT2D eigenvalue weighted by Crippen LogP contribution is -2.26. The van der Waals surface area contributed by atoms with Gasteiger partial charge in [-0.05, 0) is 30.7 Å². The summed E-state index contributed by atoms with van der Waals surface area (Å²) in [4.78, 5) is 0. The molecule has 0 spiro atoms. The molecule has 1 aromatic carbocycles. The molecule has 0 amide bonds. The van der Waals surface area contributed by atoms with Crippen molar-refractivity contribution in [1.29, 1.82) is 0 Å². The fourth-order valence-corrected chi connectivity index (χ4v) is 2.05. The van der Waals surface area contributed by atoms with E-state index in [0.29, 0.717) is 12.4 Å². The van der Waals surface area contributed by atoms with Crippen molar-refractivity contribution in [2.75, 3.05) is 25.6 Å². The van der Waals surface area contributed by atoms with Gasteiger partial charge in [-0.3, -0.25) is 0 Å². The van der Waals surface area contributed by atoms with Crippen LogP contribution in [0.25, 0.3) is 0 Å². The predicted octanol–water partition coefficient (Wildman–Crippen LogP) is 1.71. The number of nitrogens with one attached hydrogen (secondary N) is 1. The van der Waals surface area contributed by atoms with Gasteiger partial charge in [-0.2, -0.15) is 4.37 Å². The second-order valence-electron chi connectivity index (χ2n) is 4.28. The van der Waals surface area contributed by atoms with Crippen molar-refractivity contribution in [3.63, 3.8) is 0 Å². The van der Waals surface area contributed by atoms with Gasteiger partial charge in [-0.25, -0.2) is 0 Å². The van der Waals surface area contributed by atoms with Crippen LogP contribution in [0.2, 0.25) is 0 Å². The number of hydrogen-bond acceptors (Lipinski definition) is 7. The molecule has 1 atom stereocenters. The normalized spacial score (nSPS) is 11.9. The third-order valence-electron chi connectivity index (χ3n) is 2.70. The summed E-state index contributed by atoms with van der Waals surface area (Å²) in [7, 11) is 1.64. The second kappa shape index (κ2) is 7.06. The maximum atomic E-state index is 9.82. The van der Waals surface area contributed by atoms with Crippen molar-refractivity contribution in [1.82, 2.24) is 8.75 Å². The molecule has 0 bridgehead atoms. The number of methoxy groups -OCH3 is 1. The van der Waals surface area contributed by atoms with Crippen LogP contribution < -0.4 is 14.8 Å². The van der Waals surface area contributed by atoms with E-state index in [0.717, 1.165) is 28.7 Å². The van der Waals surface area contributed by atoms with E-state index in [1.807, 2.05) is 25.1 Å². The SMILES string of the molecule is COc1ccc(NCC(O)COc2cnsn2)cc1C. The highest BCUT2D eigenvalue weighted by atomic mass is 32.1. The lowest BCUT2D eigenvalue weighted by molar-refractivity contribution is 0.115. The second-order valence-corrected chi connectivity index (χ2v) is 4.83. The van der Waals surface area contributed by atoms with E-state index in [9.17, 15) is 5.11 Å². The standard InChI is InChI=1S/C13H17N3O3S/c1-9-5-10(3-4-12(9)18-2)14-6-11(17)8-19-13-7-15-20-16-13/h3-5,7,11,14,17H,6,8H2,1-2H3. The summed E-state index contributed by atoms with van der Waals surface area (Å²) in [5.41, 5.74) is 1.97. The highest BCUT2D eigenvalue weighted by molar-refractivity contribution is 6.99. The summed E-state index contributed by atoms with van der Waals surface area (Å²) >= 11 is 1.07. The summed E-state index contributed by atoms with van der Waals surface area (Å²) in [5, 5.41) is 13.0. The van der Waals surface area contributed by atoms with Gasteiger partial charge >= 0.3 is 0 Å². The smallest absolute Gasteiger partial charge is 0.245 e. The molecule has 0 aliphatic heterocycles. The highest BCUT2D eigenvalue weighted by Gasteiger charge is 2.07. The minimum Gasteiger partial charge on any atom is -0.496 e. The molecule has 1 unspecified atom stereocenters. The number of hydrogen-bond donors (Lipinski definition) is 2. The minimum atomic E-state index is -0.626. The molecule has 20 heavy (non-hydrogen) atoms. The van der Waals surface area contributed by atoms with Crippen LogP contribution >= 0.6 is 11.7 Å². The molecule has 6 nitrogen and oxygen atoms in total. The Morgan fingerprint density at radius 1 is 1.45 bits per heavy atom. The topological polar surface area (TPSA) is 76.5 Å². The highest BCUT2D eigenvalue weighted by Crippen LogP contribution is 2.21. The van der Waals surface area contributed by atoms with E-state index in [-0.39, 0.29) is 6.61 Å². The molecule has 0 saturated carbocycles. The number of aliphatic hydroxyl groups is 1. The quantitative estimate of drug-likeness (QED) is 0.810. The third kappa shape index (κ3) is 4.07. The molecule has 2 aromatic rings. The van der Waals surface area contributed by atoms with Crippen molar-refractivity contribution in [2.45, 2.75) is 13.0 Å². The lowest BCUT2D eigenvalue weighted by Gasteiger charge is -2.14. The Balaban J connectivity index is 1.78. The Morgan fingerprint density at radius 3 is 2.95 bits per heavy atom. The van der Waals surface area contributed by atoms with E-state index in [1.54, 1.807) is 7.11 Å². The van der Waals surface area contributed by atoms with E-state index >= 15 is 0 Å². The van der Waals surface area contributed by atoms with Gasteiger partial charge in [-0.15, -0.1) is 4.37 Å². The number of aryl methyl sites for hydroxylation is 1. The predicted molar refractivity (Wildman–Crippen MR) is 77.6 cm³/mol. The van der Waals surface area contributed by atoms with Crippen LogP contribution in [0.4, 0.5) is 5.69 Å². The fraction of sp³-hybridized carbons (Fsp3) is 0.385. The van der Waals surface area contributed by atoms with Crippen LogP contribution in [0.15, 0.2) is 24.4 Å².